The molecule has 0 aliphatic heterocycles. The van der Waals surface area contributed by atoms with Crippen molar-refractivity contribution in [3.63, 3.8) is 0 Å². The van der Waals surface area contributed by atoms with Gasteiger partial charge in [-0.2, -0.15) is 0 Å². The molecule has 18 heavy (non-hydrogen) atoms. The highest BCUT2D eigenvalue weighted by molar-refractivity contribution is 9.11. The summed E-state index contributed by atoms with van der Waals surface area (Å²) in [6.45, 7) is 4.43. The van der Waals surface area contributed by atoms with Crippen LogP contribution in [-0.2, 0) is 0 Å². The van der Waals surface area contributed by atoms with E-state index in [-0.39, 0.29) is 10.5 Å². The van der Waals surface area contributed by atoms with E-state index in [1.807, 2.05) is 12.1 Å². The van der Waals surface area contributed by atoms with Crippen LogP contribution in [0.1, 0.15) is 37.1 Å². The number of imidazole rings is 1. The molecule has 3 nitrogen and oxygen atoms in total. The van der Waals surface area contributed by atoms with Gasteiger partial charge in [0.15, 0.2) is 0 Å². The molecule has 5 heteroatoms. The number of rotatable bonds is 4. The Morgan fingerprint density at radius 1 is 1.28 bits per heavy atom. The molecule has 0 bridgehead atoms. The number of hydrogen-bond donors (Lipinski definition) is 2. The number of aromatic amines is 2. The van der Waals surface area contributed by atoms with E-state index < -0.39 is 0 Å². The van der Waals surface area contributed by atoms with Crippen LogP contribution in [0.4, 0.5) is 0 Å². The van der Waals surface area contributed by atoms with Gasteiger partial charge in [-0.15, -0.1) is 0 Å². The van der Waals surface area contributed by atoms with E-state index in [1.54, 1.807) is 0 Å². The van der Waals surface area contributed by atoms with Crippen molar-refractivity contribution in [3.05, 3.63) is 32.7 Å². The smallest absolute Gasteiger partial charge is 0.306 e. The molecule has 2 N–H and O–H groups in total. The Balaban J connectivity index is 2.43. The summed E-state index contributed by atoms with van der Waals surface area (Å²) in [6, 6.07) is 3.98. The van der Waals surface area contributed by atoms with Crippen LogP contribution in [0.25, 0.3) is 11.0 Å². The molecule has 1 heterocycles. The molecule has 0 aliphatic carbocycles. The molecule has 0 radical (unpaired) electrons. The summed E-state index contributed by atoms with van der Waals surface area (Å²) in [4.78, 5) is 17.1. The maximum Gasteiger partial charge on any atom is 0.323 e. The van der Waals surface area contributed by atoms with Crippen LogP contribution in [0.15, 0.2) is 21.4 Å². The van der Waals surface area contributed by atoms with Crippen molar-refractivity contribution < 1.29 is 0 Å². The first-order valence-corrected chi connectivity index (χ1v) is 7.79. The van der Waals surface area contributed by atoms with E-state index in [9.17, 15) is 4.79 Å². The molecule has 0 spiro atoms. The molecule has 0 amide bonds. The fraction of sp³-hybridized carbons (Fsp3) is 0.462. The van der Waals surface area contributed by atoms with Crippen LogP contribution in [0, 0.1) is 5.92 Å². The van der Waals surface area contributed by atoms with Gasteiger partial charge in [-0.05, 0) is 30.0 Å². The Morgan fingerprint density at radius 3 is 2.50 bits per heavy atom. The first kappa shape index (κ1) is 13.9. The highest BCUT2D eigenvalue weighted by Gasteiger charge is 2.19. The maximum absolute atomic E-state index is 11.3. The van der Waals surface area contributed by atoms with Crippen molar-refractivity contribution in [1.29, 1.82) is 0 Å². The van der Waals surface area contributed by atoms with Gasteiger partial charge in [0.05, 0.1) is 11.0 Å². The predicted octanol–water partition coefficient (Wildman–Crippen LogP) is 4.49. The summed E-state index contributed by atoms with van der Waals surface area (Å²) in [5.74, 6) is 0.550. The maximum atomic E-state index is 11.3. The first-order chi connectivity index (χ1) is 8.52. The Bertz CT molecular complexity index is 603. The minimum Gasteiger partial charge on any atom is -0.306 e. The fourth-order valence-electron chi connectivity index (χ4n) is 2.19. The largest absolute Gasteiger partial charge is 0.323 e. The van der Waals surface area contributed by atoms with E-state index in [4.69, 9.17) is 0 Å². The summed E-state index contributed by atoms with van der Waals surface area (Å²) < 4.78 is 1.02. The second kappa shape index (κ2) is 5.61. The van der Waals surface area contributed by atoms with E-state index in [1.165, 1.54) is 18.4 Å². The second-order valence-corrected chi connectivity index (χ2v) is 6.51. The van der Waals surface area contributed by atoms with Crippen molar-refractivity contribution in [2.24, 2.45) is 5.92 Å². The van der Waals surface area contributed by atoms with E-state index in [2.05, 4.69) is 55.7 Å². The summed E-state index contributed by atoms with van der Waals surface area (Å²) in [6.07, 6.45) is 2.34. The highest BCUT2D eigenvalue weighted by Crippen LogP contribution is 2.38. The van der Waals surface area contributed by atoms with Crippen molar-refractivity contribution in [2.45, 2.75) is 31.5 Å². The summed E-state index contributed by atoms with van der Waals surface area (Å²) in [7, 11) is 0. The summed E-state index contributed by atoms with van der Waals surface area (Å²) in [5, 5.41) is 0. The number of fused-ring (bicyclic) bond motifs is 1. The zero-order valence-electron chi connectivity index (χ0n) is 10.4. The molecule has 0 aliphatic rings. The number of nitrogens with one attached hydrogen (secondary N) is 2. The molecule has 2 atom stereocenters. The quantitative estimate of drug-likeness (QED) is 0.760. The molecule has 2 aromatic rings. The van der Waals surface area contributed by atoms with E-state index in [0.717, 1.165) is 15.5 Å². The van der Waals surface area contributed by atoms with Gasteiger partial charge in [0.25, 0.3) is 0 Å². The Labute approximate surface area is 123 Å². The van der Waals surface area contributed by atoms with Crippen molar-refractivity contribution >= 4 is 42.9 Å². The zero-order chi connectivity index (χ0) is 13.3. The number of H-pyrrole nitrogens is 2. The number of hydrogen-bond acceptors (Lipinski definition) is 1. The summed E-state index contributed by atoms with van der Waals surface area (Å²) >= 11 is 7.34. The Morgan fingerprint density at radius 2 is 1.89 bits per heavy atom. The van der Waals surface area contributed by atoms with Crippen molar-refractivity contribution in [3.8, 4) is 0 Å². The highest BCUT2D eigenvalue weighted by atomic mass is 79.9. The predicted molar refractivity (Wildman–Crippen MR) is 82.4 cm³/mol. The average molecular weight is 376 g/mol. The lowest BCUT2D eigenvalue weighted by molar-refractivity contribution is 0.518. The van der Waals surface area contributed by atoms with Gasteiger partial charge in [-0.1, -0.05) is 52.1 Å². The van der Waals surface area contributed by atoms with Crippen LogP contribution in [0.5, 0.6) is 0 Å². The molecule has 2 rings (SSSR count). The third-order valence-corrected chi connectivity index (χ3v) is 5.26. The molecule has 2 unspecified atom stereocenters. The Kier molecular flexibility index (Phi) is 4.33. The van der Waals surface area contributed by atoms with E-state index >= 15 is 0 Å². The lowest BCUT2D eigenvalue weighted by Gasteiger charge is -2.19. The third-order valence-electron chi connectivity index (χ3n) is 3.17. The number of aromatic nitrogens is 2. The lowest BCUT2D eigenvalue weighted by Crippen LogP contribution is -2.04. The number of alkyl halides is 1. The van der Waals surface area contributed by atoms with Gasteiger partial charge in [0, 0.05) is 9.30 Å². The first-order valence-electron chi connectivity index (χ1n) is 6.08. The molecule has 0 saturated carbocycles. The Hall–Kier alpha value is -0.550. The summed E-state index contributed by atoms with van der Waals surface area (Å²) in [5.41, 5.74) is 2.70. The van der Waals surface area contributed by atoms with Crippen LogP contribution in [0.3, 0.4) is 0 Å². The van der Waals surface area contributed by atoms with Gasteiger partial charge in [-0.25, -0.2) is 4.79 Å². The van der Waals surface area contributed by atoms with Crippen LogP contribution in [0.2, 0.25) is 0 Å². The van der Waals surface area contributed by atoms with Crippen LogP contribution < -0.4 is 5.69 Å². The van der Waals surface area contributed by atoms with Gasteiger partial charge < -0.3 is 9.97 Å². The number of benzene rings is 1. The monoisotopic (exact) mass is 374 g/mol. The standard InChI is InChI=1S/C13H16Br2N2O/c1-3-4-7(2)12(15)8-5-10-11(6-9(8)14)17-13(18)16-10/h5-7,12H,3-4H2,1-2H3,(H2,16,17,18). The normalized spacial score (nSPS) is 14.9. The average Bonchev–Trinajstić information content (AvgIpc) is 2.66. The van der Waals surface area contributed by atoms with Crippen molar-refractivity contribution in [2.75, 3.05) is 0 Å². The molecular formula is C13H16Br2N2O. The minimum absolute atomic E-state index is 0.165. The molecule has 1 aromatic carbocycles. The van der Waals surface area contributed by atoms with Crippen LogP contribution in [-0.4, -0.2) is 9.97 Å². The van der Waals surface area contributed by atoms with Gasteiger partial charge >= 0.3 is 5.69 Å². The SMILES string of the molecule is CCCC(C)C(Br)c1cc2[nH]c(=O)[nH]c2cc1Br. The molecule has 98 valence electrons. The molecule has 0 fully saturated rings. The zero-order valence-corrected chi connectivity index (χ0v) is 13.6. The van der Waals surface area contributed by atoms with Crippen molar-refractivity contribution in [1.82, 2.24) is 9.97 Å². The molecule has 1 aromatic heterocycles. The minimum atomic E-state index is -0.165. The lowest BCUT2D eigenvalue weighted by atomic mass is 9.96. The number of halogens is 2. The second-order valence-electron chi connectivity index (χ2n) is 4.67. The topological polar surface area (TPSA) is 48.6 Å². The van der Waals surface area contributed by atoms with E-state index in [0.29, 0.717) is 5.92 Å². The van der Waals surface area contributed by atoms with Gasteiger partial charge in [0.2, 0.25) is 0 Å². The van der Waals surface area contributed by atoms with Gasteiger partial charge in [0.1, 0.15) is 0 Å². The molecular weight excluding hydrogens is 360 g/mol. The fourth-order valence-corrected chi connectivity index (χ4v) is 3.73. The van der Waals surface area contributed by atoms with Gasteiger partial charge in [-0.3, -0.25) is 0 Å². The third kappa shape index (κ3) is 2.72. The molecule has 0 saturated heterocycles. The van der Waals surface area contributed by atoms with Crippen LogP contribution >= 0.6 is 31.9 Å².